The fourth-order valence-electron chi connectivity index (χ4n) is 2.40. The van der Waals surface area contributed by atoms with Gasteiger partial charge < -0.3 is 19.7 Å². The van der Waals surface area contributed by atoms with E-state index in [-0.39, 0.29) is 5.92 Å². The zero-order chi connectivity index (χ0) is 14.5. The first-order chi connectivity index (χ1) is 9.60. The average Bonchev–Trinajstić information content (AvgIpc) is 2.93. The van der Waals surface area contributed by atoms with Crippen LogP contribution in [0.15, 0.2) is 16.5 Å². The number of nitrogens with zero attached hydrogens (tertiary/aromatic N) is 1. The van der Waals surface area contributed by atoms with Crippen molar-refractivity contribution in [2.45, 2.75) is 45.7 Å². The minimum Gasteiger partial charge on any atom is -0.481 e. The van der Waals surface area contributed by atoms with Gasteiger partial charge >= 0.3 is 5.97 Å². The zero-order valence-electron chi connectivity index (χ0n) is 12.3. The zero-order valence-corrected chi connectivity index (χ0v) is 12.3. The van der Waals surface area contributed by atoms with Gasteiger partial charge in [0.1, 0.15) is 5.76 Å². The summed E-state index contributed by atoms with van der Waals surface area (Å²) in [5, 5.41) is 12.4. The summed E-state index contributed by atoms with van der Waals surface area (Å²) < 4.78 is 5.83. The van der Waals surface area contributed by atoms with Crippen molar-refractivity contribution in [3.8, 4) is 0 Å². The van der Waals surface area contributed by atoms with Crippen LogP contribution in [0, 0.1) is 5.92 Å². The van der Waals surface area contributed by atoms with Gasteiger partial charge in [-0.3, -0.25) is 4.79 Å². The molecule has 0 saturated carbocycles. The van der Waals surface area contributed by atoms with Crippen LogP contribution in [-0.2, 0) is 11.3 Å². The van der Waals surface area contributed by atoms with E-state index in [1.807, 2.05) is 12.1 Å². The summed E-state index contributed by atoms with van der Waals surface area (Å²) in [7, 11) is 0. The first kappa shape index (κ1) is 14.9. The van der Waals surface area contributed by atoms with Crippen LogP contribution < -0.4 is 10.2 Å². The molecule has 0 aliphatic carbocycles. The molecule has 0 radical (unpaired) electrons. The predicted molar refractivity (Wildman–Crippen MR) is 77.9 cm³/mol. The quantitative estimate of drug-likeness (QED) is 0.838. The van der Waals surface area contributed by atoms with Gasteiger partial charge in [0.25, 0.3) is 0 Å². The molecule has 1 aromatic rings. The SMILES string of the molecule is CCC(C)NCc1ccc(N2CCC(C(=O)O)CC2)o1. The Morgan fingerprint density at radius 1 is 1.50 bits per heavy atom. The van der Waals surface area contributed by atoms with Crippen molar-refractivity contribution in [3.63, 3.8) is 0 Å². The number of rotatable bonds is 6. The van der Waals surface area contributed by atoms with E-state index in [2.05, 4.69) is 24.1 Å². The predicted octanol–water partition coefficient (Wildman–Crippen LogP) is 2.47. The molecular formula is C15H24N2O3. The lowest BCUT2D eigenvalue weighted by atomic mass is 9.97. The monoisotopic (exact) mass is 280 g/mol. The highest BCUT2D eigenvalue weighted by molar-refractivity contribution is 5.70. The average molecular weight is 280 g/mol. The lowest BCUT2D eigenvalue weighted by Crippen LogP contribution is -2.36. The lowest BCUT2D eigenvalue weighted by Gasteiger charge is -2.29. The van der Waals surface area contributed by atoms with Gasteiger partial charge in [0, 0.05) is 25.2 Å². The third kappa shape index (κ3) is 3.76. The molecule has 0 spiro atoms. The molecule has 0 bridgehead atoms. The Labute approximate surface area is 119 Å². The normalized spacial score (nSPS) is 18.2. The first-order valence-electron chi connectivity index (χ1n) is 7.40. The number of aliphatic carboxylic acids is 1. The van der Waals surface area contributed by atoms with E-state index in [1.54, 1.807) is 0 Å². The second-order valence-corrected chi connectivity index (χ2v) is 5.53. The fraction of sp³-hybridized carbons (Fsp3) is 0.667. The van der Waals surface area contributed by atoms with E-state index >= 15 is 0 Å². The van der Waals surface area contributed by atoms with Crippen molar-refractivity contribution in [1.82, 2.24) is 5.32 Å². The van der Waals surface area contributed by atoms with Crippen molar-refractivity contribution < 1.29 is 14.3 Å². The molecule has 2 rings (SSSR count). The molecule has 1 fully saturated rings. The molecule has 1 aliphatic rings. The second-order valence-electron chi connectivity index (χ2n) is 5.53. The first-order valence-corrected chi connectivity index (χ1v) is 7.40. The smallest absolute Gasteiger partial charge is 0.306 e. The van der Waals surface area contributed by atoms with Crippen LogP contribution in [0.1, 0.15) is 38.9 Å². The molecule has 20 heavy (non-hydrogen) atoms. The Kier molecular flexibility index (Phi) is 5.06. The topological polar surface area (TPSA) is 65.7 Å². The number of anilines is 1. The summed E-state index contributed by atoms with van der Waals surface area (Å²) in [4.78, 5) is 13.1. The molecule has 2 N–H and O–H groups in total. The van der Waals surface area contributed by atoms with Crippen molar-refractivity contribution in [2.75, 3.05) is 18.0 Å². The summed E-state index contributed by atoms with van der Waals surface area (Å²) in [6, 6.07) is 4.46. The number of hydrogen-bond donors (Lipinski definition) is 2. The van der Waals surface area contributed by atoms with Crippen LogP contribution in [0.2, 0.25) is 0 Å². The number of carboxylic acids is 1. The standard InChI is InChI=1S/C15H24N2O3/c1-3-11(2)16-10-13-4-5-14(20-13)17-8-6-12(7-9-17)15(18)19/h4-5,11-12,16H,3,6-10H2,1-2H3,(H,18,19). The van der Waals surface area contributed by atoms with Crippen LogP contribution in [0.3, 0.4) is 0 Å². The molecule has 2 heterocycles. The Hall–Kier alpha value is -1.49. The van der Waals surface area contributed by atoms with Crippen LogP contribution >= 0.6 is 0 Å². The van der Waals surface area contributed by atoms with Crippen molar-refractivity contribution >= 4 is 11.9 Å². The third-order valence-corrected chi connectivity index (χ3v) is 4.04. The maximum atomic E-state index is 10.9. The summed E-state index contributed by atoms with van der Waals surface area (Å²) in [6.07, 6.45) is 2.48. The van der Waals surface area contributed by atoms with Crippen LogP contribution in [0.25, 0.3) is 0 Å². The number of hydrogen-bond acceptors (Lipinski definition) is 4. The minimum absolute atomic E-state index is 0.201. The van der Waals surface area contributed by atoms with E-state index in [4.69, 9.17) is 9.52 Å². The number of furan rings is 1. The van der Waals surface area contributed by atoms with E-state index in [0.29, 0.717) is 18.9 Å². The molecule has 1 unspecified atom stereocenters. The molecule has 0 amide bonds. The Morgan fingerprint density at radius 3 is 2.80 bits per heavy atom. The fourth-order valence-corrected chi connectivity index (χ4v) is 2.40. The minimum atomic E-state index is -0.678. The summed E-state index contributed by atoms with van der Waals surface area (Å²) in [5.74, 6) is 0.908. The third-order valence-electron chi connectivity index (χ3n) is 4.04. The maximum absolute atomic E-state index is 10.9. The largest absolute Gasteiger partial charge is 0.481 e. The molecule has 0 aromatic carbocycles. The molecule has 5 heteroatoms. The second kappa shape index (κ2) is 6.79. The van der Waals surface area contributed by atoms with Gasteiger partial charge in [-0.2, -0.15) is 0 Å². The lowest BCUT2D eigenvalue weighted by molar-refractivity contribution is -0.142. The van der Waals surface area contributed by atoms with Crippen molar-refractivity contribution in [2.24, 2.45) is 5.92 Å². The van der Waals surface area contributed by atoms with E-state index < -0.39 is 5.97 Å². The van der Waals surface area contributed by atoms with E-state index in [0.717, 1.165) is 37.7 Å². The Bertz CT molecular complexity index is 436. The van der Waals surface area contributed by atoms with E-state index in [1.165, 1.54) is 0 Å². The Balaban J connectivity index is 1.85. The van der Waals surface area contributed by atoms with Gasteiger partial charge in [-0.15, -0.1) is 0 Å². The Morgan fingerprint density at radius 2 is 2.20 bits per heavy atom. The summed E-state index contributed by atoms with van der Waals surface area (Å²) in [6.45, 7) is 6.55. The highest BCUT2D eigenvalue weighted by Gasteiger charge is 2.25. The van der Waals surface area contributed by atoms with Gasteiger partial charge in [0.2, 0.25) is 0 Å². The van der Waals surface area contributed by atoms with Gasteiger partial charge in [-0.05, 0) is 32.3 Å². The van der Waals surface area contributed by atoms with Gasteiger partial charge in [0.05, 0.1) is 12.5 Å². The molecule has 1 aromatic heterocycles. The highest BCUT2D eigenvalue weighted by Crippen LogP contribution is 2.25. The number of carboxylic acid groups (broad SMARTS) is 1. The number of carbonyl (C=O) groups is 1. The molecular weight excluding hydrogens is 256 g/mol. The molecule has 1 atom stereocenters. The van der Waals surface area contributed by atoms with Gasteiger partial charge in [0.15, 0.2) is 5.88 Å². The van der Waals surface area contributed by atoms with Crippen LogP contribution in [0.5, 0.6) is 0 Å². The van der Waals surface area contributed by atoms with Crippen LogP contribution in [0.4, 0.5) is 5.88 Å². The number of nitrogens with one attached hydrogen (secondary N) is 1. The van der Waals surface area contributed by atoms with Crippen molar-refractivity contribution in [3.05, 3.63) is 17.9 Å². The van der Waals surface area contributed by atoms with Gasteiger partial charge in [-0.1, -0.05) is 6.92 Å². The number of piperidine rings is 1. The maximum Gasteiger partial charge on any atom is 0.306 e. The highest BCUT2D eigenvalue weighted by atomic mass is 16.4. The van der Waals surface area contributed by atoms with Gasteiger partial charge in [-0.25, -0.2) is 0 Å². The molecule has 1 saturated heterocycles. The van der Waals surface area contributed by atoms with Crippen LogP contribution in [-0.4, -0.2) is 30.2 Å². The van der Waals surface area contributed by atoms with Crippen molar-refractivity contribution in [1.29, 1.82) is 0 Å². The summed E-state index contributed by atoms with van der Waals surface area (Å²) >= 11 is 0. The molecule has 1 aliphatic heterocycles. The molecule has 5 nitrogen and oxygen atoms in total. The summed E-state index contributed by atoms with van der Waals surface area (Å²) in [5.41, 5.74) is 0. The molecule has 112 valence electrons. The van der Waals surface area contributed by atoms with E-state index in [9.17, 15) is 4.79 Å².